The summed E-state index contributed by atoms with van der Waals surface area (Å²) in [4.78, 5) is 30.6. The van der Waals surface area contributed by atoms with Crippen LogP contribution in [-0.4, -0.2) is 74.1 Å². The quantitative estimate of drug-likeness (QED) is 0.751. The number of likely N-dealkylation sites (tertiary alicyclic amines) is 1. The van der Waals surface area contributed by atoms with E-state index >= 15 is 0 Å². The van der Waals surface area contributed by atoms with Gasteiger partial charge >= 0.3 is 0 Å². The van der Waals surface area contributed by atoms with E-state index < -0.39 is 0 Å². The molecular formula is C19H27N3O3. The summed E-state index contributed by atoms with van der Waals surface area (Å²) < 4.78 is 5.00. The van der Waals surface area contributed by atoms with Crippen LogP contribution >= 0.6 is 0 Å². The van der Waals surface area contributed by atoms with Crippen molar-refractivity contribution in [2.45, 2.75) is 26.3 Å². The van der Waals surface area contributed by atoms with Crippen LogP contribution < -0.4 is 4.90 Å². The van der Waals surface area contributed by atoms with Crippen molar-refractivity contribution in [3.8, 4) is 0 Å². The lowest BCUT2D eigenvalue weighted by atomic mass is 10.1. The Morgan fingerprint density at radius 3 is 2.52 bits per heavy atom. The third-order valence-corrected chi connectivity index (χ3v) is 5.41. The number of ether oxygens (including phenoxy) is 1. The molecule has 0 saturated carbocycles. The van der Waals surface area contributed by atoms with E-state index in [1.807, 2.05) is 0 Å². The van der Waals surface area contributed by atoms with E-state index in [0.717, 1.165) is 26.2 Å². The molecule has 0 unspecified atom stereocenters. The van der Waals surface area contributed by atoms with Gasteiger partial charge < -0.3 is 9.64 Å². The second kappa shape index (κ2) is 7.54. The van der Waals surface area contributed by atoms with Gasteiger partial charge in [0.25, 0.3) is 0 Å². The van der Waals surface area contributed by atoms with Crippen LogP contribution in [0.25, 0.3) is 0 Å². The van der Waals surface area contributed by atoms with Gasteiger partial charge in [0.2, 0.25) is 11.8 Å². The van der Waals surface area contributed by atoms with Gasteiger partial charge in [-0.3, -0.25) is 19.4 Å². The smallest absolute Gasteiger partial charge is 0.247 e. The second-order valence-corrected chi connectivity index (χ2v) is 6.84. The number of aryl methyl sites for hydroxylation is 1. The van der Waals surface area contributed by atoms with Crippen LogP contribution in [0.15, 0.2) is 18.2 Å². The first kappa shape index (κ1) is 17.9. The normalized spacial score (nSPS) is 22.1. The molecule has 0 aromatic heterocycles. The molecule has 2 aliphatic rings. The zero-order valence-corrected chi connectivity index (χ0v) is 15.3. The van der Waals surface area contributed by atoms with Crippen molar-refractivity contribution in [2.75, 3.05) is 51.3 Å². The molecule has 2 fully saturated rings. The molecule has 0 radical (unpaired) electrons. The molecule has 1 atom stereocenters. The lowest BCUT2D eigenvalue weighted by Gasteiger charge is -2.38. The number of imide groups is 1. The average molecular weight is 345 g/mol. The molecular weight excluding hydrogens is 318 g/mol. The highest BCUT2D eigenvalue weighted by Crippen LogP contribution is 2.26. The van der Waals surface area contributed by atoms with Crippen molar-refractivity contribution in [3.05, 3.63) is 29.3 Å². The van der Waals surface area contributed by atoms with Gasteiger partial charge in [0, 0.05) is 39.0 Å². The molecule has 2 amide bonds. The van der Waals surface area contributed by atoms with Crippen molar-refractivity contribution in [3.63, 3.8) is 0 Å². The summed E-state index contributed by atoms with van der Waals surface area (Å²) in [7, 11) is 1.58. The van der Waals surface area contributed by atoms with Gasteiger partial charge in [0.05, 0.1) is 25.6 Å². The zero-order chi connectivity index (χ0) is 18.0. The highest BCUT2D eigenvalue weighted by atomic mass is 16.5. The van der Waals surface area contributed by atoms with Crippen LogP contribution in [0.5, 0.6) is 0 Å². The Bertz CT molecular complexity index is 653. The lowest BCUT2D eigenvalue weighted by Crippen LogP contribution is -2.52. The topological polar surface area (TPSA) is 53.1 Å². The number of amides is 2. The van der Waals surface area contributed by atoms with Crippen molar-refractivity contribution in [1.82, 2.24) is 9.80 Å². The van der Waals surface area contributed by atoms with Crippen molar-refractivity contribution >= 4 is 17.5 Å². The van der Waals surface area contributed by atoms with Crippen LogP contribution in [-0.2, 0) is 14.3 Å². The van der Waals surface area contributed by atoms with Crippen molar-refractivity contribution < 1.29 is 14.3 Å². The minimum atomic E-state index is -0.301. The van der Waals surface area contributed by atoms with E-state index in [2.05, 4.69) is 41.8 Å². The predicted molar refractivity (Wildman–Crippen MR) is 96.7 cm³/mol. The number of benzene rings is 1. The summed E-state index contributed by atoms with van der Waals surface area (Å²) in [6, 6.07) is 6.09. The summed E-state index contributed by atoms with van der Waals surface area (Å²) in [6.45, 7) is 8.39. The number of anilines is 1. The Morgan fingerprint density at radius 2 is 1.84 bits per heavy atom. The molecule has 3 rings (SSSR count). The first-order valence-electron chi connectivity index (χ1n) is 8.91. The fourth-order valence-corrected chi connectivity index (χ4v) is 3.72. The average Bonchev–Trinajstić information content (AvgIpc) is 2.90. The summed E-state index contributed by atoms with van der Waals surface area (Å²) in [5.41, 5.74) is 3.88. The monoisotopic (exact) mass is 345 g/mol. The van der Waals surface area contributed by atoms with Gasteiger partial charge in [-0.15, -0.1) is 0 Å². The minimum Gasteiger partial charge on any atom is -0.383 e. The molecule has 25 heavy (non-hydrogen) atoms. The van der Waals surface area contributed by atoms with Crippen LogP contribution in [0.3, 0.4) is 0 Å². The molecule has 0 aliphatic carbocycles. The zero-order valence-electron chi connectivity index (χ0n) is 15.3. The third kappa shape index (κ3) is 3.55. The maximum absolute atomic E-state index is 12.6. The number of carbonyl (C=O) groups is 2. The summed E-state index contributed by atoms with van der Waals surface area (Å²) in [5, 5.41) is 0. The Labute approximate surface area is 149 Å². The van der Waals surface area contributed by atoms with Gasteiger partial charge in [0.15, 0.2) is 0 Å². The van der Waals surface area contributed by atoms with Gasteiger partial charge in [-0.05, 0) is 31.0 Å². The summed E-state index contributed by atoms with van der Waals surface area (Å²) in [6.07, 6.45) is 0.298. The van der Waals surface area contributed by atoms with Crippen LogP contribution in [0.1, 0.15) is 17.5 Å². The number of piperazine rings is 1. The molecule has 0 bridgehead atoms. The maximum Gasteiger partial charge on any atom is 0.247 e. The first-order valence-corrected chi connectivity index (χ1v) is 8.91. The molecule has 2 saturated heterocycles. The first-order chi connectivity index (χ1) is 12.0. The Kier molecular flexibility index (Phi) is 5.39. The Hall–Kier alpha value is -1.92. The number of nitrogens with zero attached hydrogens (tertiary/aromatic N) is 3. The molecule has 0 N–H and O–H groups in total. The van der Waals surface area contributed by atoms with Crippen molar-refractivity contribution in [2.24, 2.45) is 0 Å². The van der Waals surface area contributed by atoms with Gasteiger partial charge in [-0.2, -0.15) is 0 Å². The van der Waals surface area contributed by atoms with Crippen LogP contribution in [0.2, 0.25) is 0 Å². The van der Waals surface area contributed by atoms with Gasteiger partial charge in [-0.1, -0.05) is 12.1 Å². The molecule has 2 aliphatic heterocycles. The summed E-state index contributed by atoms with van der Waals surface area (Å²) in [5.74, 6) is -0.147. The lowest BCUT2D eigenvalue weighted by molar-refractivity contribution is -0.140. The summed E-state index contributed by atoms with van der Waals surface area (Å²) >= 11 is 0. The van der Waals surface area contributed by atoms with E-state index in [0.29, 0.717) is 19.6 Å². The van der Waals surface area contributed by atoms with Crippen LogP contribution in [0.4, 0.5) is 5.69 Å². The van der Waals surface area contributed by atoms with Gasteiger partial charge in [0.1, 0.15) is 0 Å². The minimum absolute atomic E-state index is 0.0674. The molecule has 2 heterocycles. The van der Waals surface area contributed by atoms with Crippen LogP contribution in [0, 0.1) is 13.8 Å². The number of hydrogen-bond donors (Lipinski definition) is 0. The number of carbonyl (C=O) groups excluding carboxylic acids is 2. The van der Waals surface area contributed by atoms with E-state index in [-0.39, 0.29) is 17.9 Å². The highest BCUT2D eigenvalue weighted by molar-refractivity contribution is 6.05. The largest absolute Gasteiger partial charge is 0.383 e. The number of hydrogen-bond acceptors (Lipinski definition) is 5. The fourth-order valence-electron chi connectivity index (χ4n) is 3.72. The molecule has 6 nitrogen and oxygen atoms in total. The fraction of sp³-hybridized carbons (Fsp3) is 0.579. The maximum atomic E-state index is 12.6. The van der Waals surface area contributed by atoms with E-state index in [1.54, 1.807) is 7.11 Å². The molecule has 136 valence electrons. The number of methoxy groups -OCH3 is 1. The highest BCUT2D eigenvalue weighted by Gasteiger charge is 2.42. The third-order valence-electron chi connectivity index (χ3n) is 5.41. The number of rotatable bonds is 5. The Morgan fingerprint density at radius 1 is 1.12 bits per heavy atom. The molecule has 0 spiro atoms. The standard InChI is InChI=1S/C19H27N3O3/c1-14-5-4-6-16(15(14)2)20-7-9-21(10-8-20)17-13-18(23)22(19(17)24)11-12-25-3/h4-6,17H,7-13H2,1-3H3/t17-/m0/s1. The van der Waals surface area contributed by atoms with Crippen molar-refractivity contribution in [1.29, 1.82) is 0 Å². The predicted octanol–water partition coefficient (Wildman–Crippen LogP) is 1.20. The van der Waals surface area contributed by atoms with E-state index in [1.165, 1.54) is 21.7 Å². The van der Waals surface area contributed by atoms with E-state index in [4.69, 9.17) is 4.74 Å². The molecule has 6 heteroatoms. The molecule has 1 aromatic rings. The second-order valence-electron chi connectivity index (χ2n) is 6.84. The van der Waals surface area contributed by atoms with Gasteiger partial charge in [-0.25, -0.2) is 0 Å². The SMILES string of the molecule is COCCN1C(=O)C[C@H](N2CCN(c3cccc(C)c3C)CC2)C1=O. The molecule has 1 aromatic carbocycles. The van der Waals surface area contributed by atoms with E-state index in [9.17, 15) is 9.59 Å². The Balaban J connectivity index is 1.62.